The zero-order valence-corrected chi connectivity index (χ0v) is 19.4. The van der Waals surface area contributed by atoms with Crippen molar-refractivity contribution in [3.8, 4) is 5.75 Å². The summed E-state index contributed by atoms with van der Waals surface area (Å²) in [6.45, 7) is 4.15. The quantitative estimate of drug-likeness (QED) is 0.509. The highest BCUT2D eigenvalue weighted by Crippen LogP contribution is 2.35. The summed E-state index contributed by atoms with van der Waals surface area (Å²) < 4.78 is 58.6. The Morgan fingerprint density at radius 3 is 2.55 bits per heavy atom. The lowest BCUT2D eigenvalue weighted by Gasteiger charge is -2.38. The highest BCUT2D eigenvalue weighted by molar-refractivity contribution is 7.81. The van der Waals surface area contributed by atoms with Crippen molar-refractivity contribution in [2.24, 2.45) is 11.8 Å². The van der Waals surface area contributed by atoms with E-state index in [1.54, 1.807) is 6.07 Å². The molecule has 1 aliphatic rings. The zero-order valence-electron chi connectivity index (χ0n) is 18.6. The number of halogens is 3. The van der Waals surface area contributed by atoms with Crippen LogP contribution in [0.3, 0.4) is 0 Å². The molecule has 1 aliphatic heterocycles. The third-order valence-corrected chi connectivity index (χ3v) is 6.70. The van der Waals surface area contributed by atoms with E-state index in [0.29, 0.717) is 13.0 Å². The summed E-state index contributed by atoms with van der Waals surface area (Å²) >= 11 is -3.40. The van der Waals surface area contributed by atoms with E-state index in [-0.39, 0.29) is 29.5 Å². The fourth-order valence-electron chi connectivity index (χ4n) is 4.42. The van der Waals surface area contributed by atoms with Gasteiger partial charge in [0.25, 0.3) is 0 Å². The van der Waals surface area contributed by atoms with E-state index in [1.807, 2.05) is 36.4 Å². The predicted octanol–water partition coefficient (Wildman–Crippen LogP) is 4.71. The van der Waals surface area contributed by atoms with Crippen molar-refractivity contribution >= 4 is 17.0 Å². The molecule has 180 valence electrons. The molecule has 1 heterocycles. The molecule has 1 saturated heterocycles. The van der Waals surface area contributed by atoms with Crippen LogP contribution < -0.4 is 4.18 Å². The molecule has 0 saturated carbocycles. The van der Waals surface area contributed by atoms with Crippen molar-refractivity contribution in [2.45, 2.75) is 31.2 Å². The van der Waals surface area contributed by atoms with Gasteiger partial charge in [-0.15, -0.1) is 0 Å². The molecular formula is C24H28F3NO4S. The van der Waals surface area contributed by atoms with Crippen molar-refractivity contribution < 1.29 is 31.1 Å². The molecule has 3 rings (SSSR count). The summed E-state index contributed by atoms with van der Waals surface area (Å²) in [7, 11) is 1.40. The first-order valence-electron chi connectivity index (χ1n) is 10.8. The van der Waals surface area contributed by atoms with E-state index in [9.17, 15) is 22.2 Å². The number of carbonyl (C=O) groups excluding carboxylic acids is 1. The van der Waals surface area contributed by atoms with Gasteiger partial charge in [0.05, 0.1) is 13.0 Å². The van der Waals surface area contributed by atoms with Gasteiger partial charge in [-0.1, -0.05) is 49.4 Å². The Morgan fingerprint density at radius 2 is 1.91 bits per heavy atom. The van der Waals surface area contributed by atoms with Crippen molar-refractivity contribution in [2.75, 3.05) is 26.7 Å². The Labute approximate surface area is 194 Å². The van der Waals surface area contributed by atoms with E-state index in [1.165, 1.54) is 19.2 Å². The monoisotopic (exact) mass is 483 g/mol. The largest absolute Gasteiger partial charge is 0.508 e. The SMILES string of the molecule is COC(=O)C(Cc1ccccc1)CN1CCC(c2cccc(OS(=O)C(F)(F)F)c2)C(C)C1. The number of nitrogens with zero attached hydrogens (tertiary/aromatic N) is 1. The van der Waals surface area contributed by atoms with Crippen LogP contribution in [-0.2, 0) is 27.0 Å². The van der Waals surface area contributed by atoms with Gasteiger partial charge in [-0.2, -0.15) is 13.2 Å². The van der Waals surface area contributed by atoms with Crippen LogP contribution in [-0.4, -0.2) is 47.3 Å². The summed E-state index contributed by atoms with van der Waals surface area (Å²) in [5, 5.41) is 0. The van der Waals surface area contributed by atoms with Gasteiger partial charge in [-0.05, 0) is 54.5 Å². The smallest absolute Gasteiger partial charge is 0.469 e. The molecule has 2 aromatic rings. The van der Waals surface area contributed by atoms with Crippen molar-refractivity contribution in [3.05, 3.63) is 65.7 Å². The van der Waals surface area contributed by atoms with Crippen LogP contribution in [0.4, 0.5) is 13.2 Å². The van der Waals surface area contributed by atoms with E-state index < -0.39 is 16.6 Å². The number of benzene rings is 2. The molecule has 0 aromatic heterocycles. The summed E-state index contributed by atoms with van der Waals surface area (Å²) in [5.41, 5.74) is -3.00. The molecule has 0 aliphatic carbocycles. The van der Waals surface area contributed by atoms with Crippen LogP contribution in [0.5, 0.6) is 5.75 Å². The van der Waals surface area contributed by atoms with Crippen molar-refractivity contribution in [1.29, 1.82) is 0 Å². The number of hydrogen-bond donors (Lipinski definition) is 0. The molecule has 0 amide bonds. The van der Waals surface area contributed by atoms with Crippen LogP contribution >= 0.6 is 0 Å². The first kappa shape index (κ1) is 25.2. The molecule has 4 atom stereocenters. The maximum Gasteiger partial charge on any atom is 0.508 e. The second-order valence-corrected chi connectivity index (χ2v) is 9.48. The Morgan fingerprint density at radius 1 is 1.18 bits per heavy atom. The third-order valence-electron chi connectivity index (χ3n) is 5.97. The number of rotatable bonds is 8. The van der Waals surface area contributed by atoms with E-state index in [2.05, 4.69) is 16.0 Å². The Hall–Kier alpha value is -2.39. The highest BCUT2D eigenvalue weighted by atomic mass is 32.2. The van der Waals surface area contributed by atoms with E-state index in [4.69, 9.17) is 4.74 Å². The van der Waals surface area contributed by atoms with E-state index >= 15 is 0 Å². The molecule has 9 heteroatoms. The fourth-order valence-corrected chi connectivity index (χ4v) is 4.80. The molecule has 0 N–H and O–H groups in total. The first-order valence-corrected chi connectivity index (χ1v) is 11.9. The van der Waals surface area contributed by atoms with Crippen LogP contribution in [0.1, 0.15) is 30.4 Å². The number of carbonyl (C=O) groups is 1. The summed E-state index contributed by atoms with van der Waals surface area (Å²) in [6.07, 6.45) is 1.38. The number of hydrogen-bond acceptors (Lipinski definition) is 5. The summed E-state index contributed by atoms with van der Waals surface area (Å²) in [4.78, 5) is 14.6. The first-order chi connectivity index (χ1) is 15.7. The molecule has 33 heavy (non-hydrogen) atoms. The lowest BCUT2D eigenvalue weighted by atomic mass is 9.81. The predicted molar refractivity (Wildman–Crippen MR) is 120 cm³/mol. The molecule has 2 aromatic carbocycles. The van der Waals surface area contributed by atoms with Crippen LogP contribution in [0.15, 0.2) is 54.6 Å². The molecule has 0 bridgehead atoms. The topological polar surface area (TPSA) is 55.8 Å². The number of methoxy groups -OCH3 is 1. The van der Waals surface area contributed by atoms with Crippen LogP contribution in [0.2, 0.25) is 0 Å². The average molecular weight is 484 g/mol. The van der Waals surface area contributed by atoms with Crippen molar-refractivity contribution in [3.63, 3.8) is 0 Å². The molecule has 4 unspecified atom stereocenters. The minimum atomic E-state index is -4.93. The highest BCUT2D eigenvalue weighted by Gasteiger charge is 2.40. The van der Waals surface area contributed by atoms with Crippen molar-refractivity contribution in [1.82, 2.24) is 4.90 Å². The zero-order chi connectivity index (χ0) is 24.0. The standard InChI is InChI=1S/C24H28F3NO4S/c1-17-15-28(16-20(23(29)31-2)13-18-7-4-3-5-8-18)12-11-22(17)19-9-6-10-21(14-19)32-33(30)24(25,26)27/h3-10,14,17,20,22H,11-13,15-16H2,1-2H3. The minimum Gasteiger partial charge on any atom is -0.469 e. The minimum absolute atomic E-state index is 0.0635. The number of piperidine rings is 1. The molecule has 5 nitrogen and oxygen atoms in total. The van der Waals surface area contributed by atoms with Gasteiger partial charge >= 0.3 is 22.6 Å². The van der Waals surface area contributed by atoms with Gasteiger partial charge in [0.1, 0.15) is 5.75 Å². The average Bonchev–Trinajstić information content (AvgIpc) is 2.78. The second kappa shape index (κ2) is 11.2. The molecule has 0 spiro atoms. The van der Waals surface area contributed by atoms with E-state index in [0.717, 1.165) is 30.6 Å². The Bertz CT molecular complexity index is 954. The van der Waals surface area contributed by atoms with Gasteiger partial charge in [0.2, 0.25) is 0 Å². The summed E-state index contributed by atoms with van der Waals surface area (Å²) in [6, 6.07) is 16.2. The van der Waals surface area contributed by atoms with Crippen LogP contribution in [0, 0.1) is 11.8 Å². The van der Waals surface area contributed by atoms with Gasteiger partial charge in [0.15, 0.2) is 0 Å². The molecular weight excluding hydrogens is 455 g/mol. The third kappa shape index (κ3) is 7.04. The molecule has 0 radical (unpaired) electrons. The van der Waals surface area contributed by atoms with Gasteiger partial charge in [0, 0.05) is 13.1 Å². The number of alkyl halides is 3. The molecule has 1 fully saturated rings. The second-order valence-electron chi connectivity index (χ2n) is 8.38. The van der Waals surface area contributed by atoms with Gasteiger partial charge in [-0.3, -0.25) is 4.79 Å². The van der Waals surface area contributed by atoms with Gasteiger partial charge < -0.3 is 13.8 Å². The number of ether oxygens (including phenoxy) is 1. The lowest BCUT2D eigenvalue weighted by molar-refractivity contribution is -0.146. The Kier molecular flexibility index (Phi) is 8.53. The number of esters is 1. The fraction of sp³-hybridized carbons (Fsp3) is 0.458. The lowest BCUT2D eigenvalue weighted by Crippen LogP contribution is -2.43. The number of likely N-dealkylation sites (tertiary alicyclic amines) is 1. The maximum absolute atomic E-state index is 12.6. The summed E-state index contributed by atoms with van der Waals surface area (Å²) in [5.74, 6) is -0.260. The Balaban J connectivity index is 1.63. The van der Waals surface area contributed by atoms with Crippen LogP contribution in [0.25, 0.3) is 0 Å². The maximum atomic E-state index is 12.6. The van der Waals surface area contributed by atoms with Gasteiger partial charge in [-0.25, -0.2) is 4.21 Å². The normalized spacial score (nSPS) is 21.2.